The van der Waals surface area contributed by atoms with Crippen molar-refractivity contribution in [1.29, 1.82) is 5.26 Å². The maximum absolute atomic E-state index is 12.2. The van der Waals surface area contributed by atoms with Gasteiger partial charge >= 0.3 is 0 Å². The third-order valence-corrected chi connectivity index (χ3v) is 5.14. The van der Waals surface area contributed by atoms with Crippen LogP contribution in [-0.2, 0) is 14.8 Å². The molecule has 0 unspecified atom stereocenters. The molecule has 2 aromatic carbocycles. The van der Waals surface area contributed by atoms with Crippen LogP contribution in [0, 0.1) is 18.3 Å². The number of sulfonamides is 1. The van der Waals surface area contributed by atoms with E-state index in [0.717, 1.165) is 0 Å². The molecule has 1 amide bonds. The summed E-state index contributed by atoms with van der Waals surface area (Å²) >= 11 is 0. The first-order chi connectivity index (χ1) is 12.7. The Hall–Kier alpha value is -2.89. The van der Waals surface area contributed by atoms with Gasteiger partial charge in [0, 0.05) is 11.7 Å². The number of hydrogen-bond acceptors (Lipinski definition) is 5. The molecule has 0 heterocycles. The zero-order valence-corrected chi connectivity index (χ0v) is 16.1. The van der Waals surface area contributed by atoms with Gasteiger partial charge in [-0.1, -0.05) is 6.07 Å². The van der Waals surface area contributed by atoms with Crippen LogP contribution in [0.15, 0.2) is 47.4 Å². The summed E-state index contributed by atoms with van der Waals surface area (Å²) in [5, 5.41) is 11.5. The molecule has 0 aromatic heterocycles. The molecule has 2 rings (SSSR count). The van der Waals surface area contributed by atoms with E-state index in [1.807, 2.05) is 6.07 Å². The smallest absolute Gasteiger partial charge is 0.262 e. The van der Waals surface area contributed by atoms with Crippen molar-refractivity contribution in [1.82, 2.24) is 4.72 Å². The van der Waals surface area contributed by atoms with Gasteiger partial charge in [0.25, 0.3) is 5.91 Å². The van der Waals surface area contributed by atoms with Gasteiger partial charge in [-0.05, 0) is 62.7 Å². The van der Waals surface area contributed by atoms with Crippen LogP contribution in [0.5, 0.6) is 5.75 Å². The second-order valence-electron chi connectivity index (χ2n) is 6.23. The summed E-state index contributed by atoms with van der Waals surface area (Å²) in [6, 6.07) is 12.8. The number of benzene rings is 2. The zero-order valence-electron chi connectivity index (χ0n) is 15.3. The lowest BCUT2D eigenvalue weighted by Crippen LogP contribution is -2.30. The summed E-state index contributed by atoms with van der Waals surface area (Å²) in [5.41, 5.74) is 1.54. The Morgan fingerprint density at radius 2 is 1.96 bits per heavy atom. The van der Waals surface area contributed by atoms with Crippen LogP contribution in [0.2, 0.25) is 0 Å². The van der Waals surface area contributed by atoms with Crippen molar-refractivity contribution in [2.75, 3.05) is 11.9 Å². The van der Waals surface area contributed by atoms with Crippen LogP contribution in [0.1, 0.15) is 25.0 Å². The lowest BCUT2D eigenvalue weighted by Gasteiger charge is -2.13. The number of nitriles is 1. The van der Waals surface area contributed by atoms with Gasteiger partial charge in [-0.2, -0.15) is 5.26 Å². The molecule has 0 bridgehead atoms. The molecule has 0 radical (unpaired) electrons. The fraction of sp³-hybridized carbons (Fsp3) is 0.263. The zero-order chi connectivity index (χ0) is 20.0. The summed E-state index contributed by atoms with van der Waals surface area (Å²) in [6.07, 6.45) is 0. The predicted octanol–water partition coefficient (Wildman–Crippen LogP) is 2.57. The number of aryl methyl sites for hydroxylation is 1. The molecule has 2 aromatic rings. The van der Waals surface area contributed by atoms with E-state index in [1.54, 1.807) is 45.0 Å². The minimum absolute atomic E-state index is 0.138. The highest BCUT2D eigenvalue weighted by molar-refractivity contribution is 7.89. The van der Waals surface area contributed by atoms with E-state index < -0.39 is 10.0 Å². The average Bonchev–Trinajstić information content (AvgIpc) is 2.59. The van der Waals surface area contributed by atoms with E-state index in [4.69, 9.17) is 10.00 Å². The number of nitrogens with zero attached hydrogens (tertiary/aromatic N) is 1. The van der Waals surface area contributed by atoms with Gasteiger partial charge < -0.3 is 10.1 Å². The number of carbonyl (C=O) groups excluding carboxylic acids is 1. The molecule has 0 spiro atoms. The van der Waals surface area contributed by atoms with Gasteiger partial charge in [-0.15, -0.1) is 0 Å². The molecule has 0 aliphatic carbocycles. The highest BCUT2D eigenvalue weighted by Crippen LogP contribution is 2.22. The van der Waals surface area contributed by atoms with Gasteiger partial charge in [0.15, 0.2) is 6.61 Å². The van der Waals surface area contributed by atoms with Gasteiger partial charge in [0.2, 0.25) is 10.0 Å². The van der Waals surface area contributed by atoms with Crippen LogP contribution in [0.25, 0.3) is 0 Å². The first kappa shape index (κ1) is 20.4. The SMILES string of the molecule is Cc1cc(S(=O)(=O)NC(C)C)ccc1OCC(=O)Nc1cccc(C#N)c1. The van der Waals surface area contributed by atoms with Crippen molar-refractivity contribution in [3.63, 3.8) is 0 Å². The first-order valence-corrected chi connectivity index (χ1v) is 9.75. The Labute approximate surface area is 159 Å². The van der Waals surface area contributed by atoms with Gasteiger partial charge in [-0.3, -0.25) is 4.79 Å². The summed E-state index contributed by atoms with van der Waals surface area (Å²) in [5.74, 6) is 0.0297. The third kappa shape index (κ3) is 5.81. The maximum Gasteiger partial charge on any atom is 0.262 e. The maximum atomic E-state index is 12.2. The fourth-order valence-electron chi connectivity index (χ4n) is 2.34. The Morgan fingerprint density at radius 3 is 2.59 bits per heavy atom. The molecule has 0 saturated heterocycles. The largest absolute Gasteiger partial charge is 0.483 e. The van der Waals surface area contributed by atoms with Gasteiger partial charge in [0.1, 0.15) is 5.75 Å². The van der Waals surface area contributed by atoms with Crippen molar-refractivity contribution in [3.8, 4) is 11.8 Å². The van der Waals surface area contributed by atoms with Crippen molar-refractivity contribution in [2.24, 2.45) is 0 Å². The molecule has 142 valence electrons. The number of ether oxygens (including phenoxy) is 1. The Kier molecular flexibility index (Phi) is 6.55. The molecule has 0 aliphatic heterocycles. The van der Waals surface area contributed by atoms with Gasteiger partial charge in [-0.25, -0.2) is 13.1 Å². The molecule has 0 saturated carbocycles. The number of nitrogens with one attached hydrogen (secondary N) is 2. The molecular formula is C19H21N3O4S. The number of hydrogen-bond donors (Lipinski definition) is 2. The molecule has 7 nitrogen and oxygen atoms in total. The van der Waals surface area contributed by atoms with Crippen LogP contribution < -0.4 is 14.8 Å². The molecular weight excluding hydrogens is 366 g/mol. The number of amides is 1. The van der Waals surface area contributed by atoms with Crippen molar-refractivity contribution >= 4 is 21.6 Å². The van der Waals surface area contributed by atoms with E-state index in [1.165, 1.54) is 18.2 Å². The van der Waals surface area contributed by atoms with Crippen molar-refractivity contribution < 1.29 is 17.9 Å². The van der Waals surface area contributed by atoms with E-state index in [2.05, 4.69) is 10.0 Å². The lowest BCUT2D eigenvalue weighted by atomic mass is 10.2. The first-order valence-electron chi connectivity index (χ1n) is 8.27. The minimum Gasteiger partial charge on any atom is -0.483 e. The lowest BCUT2D eigenvalue weighted by molar-refractivity contribution is -0.118. The standard InChI is InChI=1S/C19H21N3O4S/c1-13(2)22-27(24,25)17-7-8-18(14(3)9-17)26-12-19(23)21-16-6-4-5-15(10-16)11-20/h4-10,13,22H,12H2,1-3H3,(H,21,23). The highest BCUT2D eigenvalue weighted by atomic mass is 32.2. The summed E-state index contributed by atoms with van der Waals surface area (Å²) in [6.45, 7) is 4.95. The van der Waals surface area contributed by atoms with E-state index >= 15 is 0 Å². The van der Waals surface area contributed by atoms with Crippen LogP contribution >= 0.6 is 0 Å². The average molecular weight is 387 g/mol. The number of rotatable bonds is 7. The Balaban J connectivity index is 2.01. The summed E-state index contributed by atoms with van der Waals surface area (Å²) < 4.78 is 32.4. The van der Waals surface area contributed by atoms with E-state index in [-0.39, 0.29) is 23.5 Å². The molecule has 0 aliphatic rings. The summed E-state index contributed by atoms with van der Waals surface area (Å²) in [4.78, 5) is 12.2. The molecule has 0 atom stereocenters. The second-order valence-corrected chi connectivity index (χ2v) is 7.95. The second kappa shape index (κ2) is 8.66. The molecule has 0 fully saturated rings. The van der Waals surface area contributed by atoms with Crippen LogP contribution in [-0.4, -0.2) is 27.0 Å². The van der Waals surface area contributed by atoms with Crippen molar-refractivity contribution in [3.05, 3.63) is 53.6 Å². The van der Waals surface area contributed by atoms with Gasteiger partial charge in [0.05, 0.1) is 16.5 Å². The normalized spacial score (nSPS) is 11.1. The monoisotopic (exact) mass is 387 g/mol. The van der Waals surface area contributed by atoms with Crippen LogP contribution in [0.3, 0.4) is 0 Å². The van der Waals surface area contributed by atoms with Crippen molar-refractivity contribution in [2.45, 2.75) is 31.7 Å². The topological polar surface area (TPSA) is 108 Å². The predicted molar refractivity (Wildman–Crippen MR) is 102 cm³/mol. The third-order valence-electron chi connectivity index (χ3n) is 3.48. The Bertz CT molecular complexity index is 979. The highest BCUT2D eigenvalue weighted by Gasteiger charge is 2.17. The minimum atomic E-state index is -3.59. The van der Waals surface area contributed by atoms with E-state index in [0.29, 0.717) is 22.6 Å². The quantitative estimate of drug-likeness (QED) is 0.759. The number of anilines is 1. The fourth-order valence-corrected chi connectivity index (χ4v) is 3.67. The Morgan fingerprint density at radius 1 is 1.22 bits per heavy atom. The molecule has 2 N–H and O–H groups in total. The van der Waals surface area contributed by atoms with Crippen LogP contribution in [0.4, 0.5) is 5.69 Å². The molecule has 8 heteroatoms. The molecule has 27 heavy (non-hydrogen) atoms. The summed E-state index contributed by atoms with van der Waals surface area (Å²) in [7, 11) is -3.59. The van der Waals surface area contributed by atoms with E-state index in [9.17, 15) is 13.2 Å². The number of carbonyl (C=O) groups is 1.